The van der Waals surface area contributed by atoms with Crippen LogP contribution in [0.25, 0.3) is 0 Å². The Bertz CT molecular complexity index is 1570. The zero-order chi connectivity index (χ0) is 29.7. The molecular weight excluding hydrogens is 563 g/mol. The van der Waals surface area contributed by atoms with Crippen LogP contribution < -0.4 is 20.7 Å². The third kappa shape index (κ3) is 6.11. The molecule has 220 valence electrons. The molecule has 1 aliphatic rings. The van der Waals surface area contributed by atoms with Crippen molar-refractivity contribution in [2.45, 2.75) is 30.5 Å². The number of hydrogen-bond acceptors (Lipinski definition) is 8. The van der Waals surface area contributed by atoms with Crippen LogP contribution in [0.1, 0.15) is 29.3 Å². The van der Waals surface area contributed by atoms with Crippen LogP contribution in [0, 0.1) is 0 Å². The lowest BCUT2D eigenvalue weighted by atomic mass is 9.80. The summed E-state index contributed by atoms with van der Waals surface area (Å²) in [4.78, 5) is 35.9. The first-order chi connectivity index (χ1) is 20.3. The fourth-order valence-electron chi connectivity index (χ4n) is 5.21. The molecule has 0 saturated carbocycles. The van der Waals surface area contributed by atoms with Gasteiger partial charge in [-0.15, -0.1) is 0 Å². The van der Waals surface area contributed by atoms with E-state index in [0.717, 1.165) is 16.7 Å². The number of nitrogens with one attached hydrogen (secondary N) is 1. The topological polar surface area (TPSA) is 138 Å². The fraction of sp³-hybridized carbons (Fsp3) is 0.267. The van der Waals surface area contributed by atoms with E-state index in [-0.39, 0.29) is 13.0 Å². The van der Waals surface area contributed by atoms with Crippen LogP contribution in [0.3, 0.4) is 0 Å². The van der Waals surface area contributed by atoms with E-state index < -0.39 is 43.5 Å². The van der Waals surface area contributed by atoms with Crippen molar-refractivity contribution in [2.24, 2.45) is 0 Å². The van der Waals surface area contributed by atoms with Crippen LogP contribution in [0.4, 0.5) is 0 Å². The summed E-state index contributed by atoms with van der Waals surface area (Å²) in [5, 5.41) is 0. The molecule has 4 aromatic rings. The van der Waals surface area contributed by atoms with Gasteiger partial charge in [0.05, 0.1) is 26.9 Å². The average molecular weight is 595 g/mol. The molecule has 1 saturated heterocycles. The molecule has 42 heavy (non-hydrogen) atoms. The third-order valence-electron chi connectivity index (χ3n) is 7.23. The van der Waals surface area contributed by atoms with Crippen LogP contribution >= 0.6 is 8.25 Å². The highest BCUT2D eigenvalue weighted by Gasteiger charge is 2.43. The molecule has 0 radical (unpaired) electrons. The lowest BCUT2D eigenvalue weighted by Crippen LogP contribution is -2.38. The second kappa shape index (κ2) is 12.9. The lowest BCUT2D eigenvalue weighted by Gasteiger charge is -2.37. The van der Waals surface area contributed by atoms with Gasteiger partial charge < -0.3 is 28.4 Å². The Hall–Kier alpha value is -3.99. The van der Waals surface area contributed by atoms with Gasteiger partial charge in [0.1, 0.15) is 29.4 Å². The van der Waals surface area contributed by atoms with Crippen LogP contribution in [0.5, 0.6) is 11.5 Å². The summed E-state index contributed by atoms with van der Waals surface area (Å²) in [5.74, 6) is 1.34. The Morgan fingerprint density at radius 1 is 0.905 bits per heavy atom. The van der Waals surface area contributed by atoms with E-state index in [1.807, 2.05) is 78.9 Å². The van der Waals surface area contributed by atoms with Gasteiger partial charge in [0.2, 0.25) is 0 Å². The number of aromatic amines is 1. The summed E-state index contributed by atoms with van der Waals surface area (Å²) < 4.78 is 42.2. The normalized spacial score (nSPS) is 19.4. The van der Waals surface area contributed by atoms with Crippen molar-refractivity contribution in [3.8, 4) is 11.5 Å². The maximum Gasteiger partial charge on any atom is 0.330 e. The van der Waals surface area contributed by atoms with Gasteiger partial charge in [-0.2, -0.15) is 0 Å². The largest absolute Gasteiger partial charge is 0.497 e. The molecule has 4 atom stereocenters. The number of benzene rings is 3. The number of methoxy groups -OCH3 is 2. The maximum atomic E-state index is 12.5. The predicted octanol–water partition coefficient (Wildman–Crippen LogP) is 3.62. The summed E-state index contributed by atoms with van der Waals surface area (Å²) >= 11 is 0. The number of rotatable bonds is 11. The first-order valence-corrected chi connectivity index (χ1v) is 14.5. The van der Waals surface area contributed by atoms with Gasteiger partial charge in [0, 0.05) is 18.7 Å². The van der Waals surface area contributed by atoms with Crippen LogP contribution in [0.15, 0.2) is 101 Å². The van der Waals surface area contributed by atoms with Gasteiger partial charge in [0.15, 0.2) is 0 Å². The molecule has 3 aromatic carbocycles. The molecule has 0 aliphatic carbocycles. The highest BCUT2D eigenvalue weighted by atomic mass is 31.1. The number of aromatic nitrogens is 2. The lowest BCUT2D eigenvalue weighted by molar-refractivity contribution is -0.0917. The summed E-state index contributed by atoms with van der Waals surface area (Å²) in [5.41, 5.74) is 0.0254. The van der Waals surface area contributed by atoms with E-state index in [9.17, 15) is 19.0 Å². The van der Waals surface area contributed by atoms with Gasteiger partial charge in [-0.25, -0.2) is 4.79 Å². The van der Waals surface area contributed by atoms with Crippen LogP contribution in [-0.4, -0.2) is 47.5 Å². The van der Waals surface area contributed by atoms with Gasteiger partial charge in [-0.1, -0.05) is 54.6 Å². The minimum Gasteiger partial charge on any atom is -0.497 e. The smallest absolute Gasteiger partial charge is 0.330 e. The van der Waals surface area contributed by atoms with Gasteiger partial charge in [0.25, 0.3) is 5.56 Å². The minimum absolute atomic E-state index is 0.0820. The highest BCUT2D eigenvalue weighted by molar-refractivity contribution is 7.32. The van der Waals surface area contributed by atoms with Crippen LogP contribution in [-0.2, 0) is 24.2 Å². The molecule has 5 rings (SSSR count). The zero-order valence-electron chi connectivity index (χ0n) is 23.0. The van der Waals surface area contributed by atoms with Gasteiger partial charge in [-0.05, 0) is 41.0 Å². The highest BCUT2D eigenvalue weighted by Crippen LogP contribution is 2.43. The molecule has 12 heteroatoms. The van der Waals surface area contributed by atoms with Crippen molar-refractivity contribution in [3.05, 3.63) is 129 Å². The van der Waals surface area contributed by atoms with Crippen molar-refractivity contribution < 1.29 is 32.9 Å². The van der Waals surface area contributed by atoms with E-state index >= 15 is 0 Å². The minimum atomic E-state index is -3.35. The predicted molar refractivity (Wildman–Crippen MR) is 154 cm³/mol. The van der Waals surface area contributed by atoms with E-state index in [0.29, 0.717) is 11.5 Å². The van der Waals surface area contributed by atoms with E-state index in [1.54, 1.807) is 14.2 Å². The number of H-pyrrole nitrogens is 1. The molecular formula is C30H31N2O9P. The number of ether oxygens (including phenoxy) is 4. The molecule has 0 amide bonds. The van der Waals surface area contributed by atoms with Crippen molar-refractivity contribution in [2.75, 3.05) is 20.8 Å². The Labute approximate surface area is 242 Å². The second-order valence-electron chi connectivity index (χ2n) is 9.62. The Balaban J connectivity index is 1.57. The first kappa shape index (κ1) is 29.5. The standard InChI is InChI=1S/C30H31N2O9P/c1-37-23-12-8-21(9-13-23)30(20-6-4-3-5-7-20,22-10-14-24(38-2)15-11-22)39-19-26-25(41-42(35)36)18-28(40-26)32-17-16-27(33)31-29(32)34/h3-17,25-26,28,42H,18-19H2,1-2H3,(H,35,36)(H,31,33,34)/t25-,26-,28-/m1/s1. The van der Waals surface area contributed by atoms with E-state index in [2.05, 4.69) is 4.98 Å². The SMILES string of the molecule is COc1ccc(C(OC[C@H]2O[C@@H](n3ccc(=O)[nH]c3=O)C[C@H]2O[PH](=O)O)(c2ccccc2)c2ccc(OC)cc2)cc1. The monoisotopic (exact) mass is 594 g/mol. The molecule has 1 aliphatic heterocycles. The molecule has 2 N–H and O–H groups in total. The van der Waals surface area contributed by atoms with Gasteiger partial charge >= 0.3 is 13.9 Å². The third-order valence-corrected chi connectivity index (χ3v) is 7.74. The summed E-state index contributed by atoms with van der Waals surface area (Å²) in [6.07, 6.45) is -1.17. The molecule has 1 fully saturated rings. The molecule has 1 unspecified atom stereocenters. The van der Waals surface area contributed by atoms with Crippen molar-refractivity contribution in [3.63, 3.8) is 0 Å². The summed E-state index contributed by atoms with van der Waals surface area (Å²) in [7, 11) is -0.170. The number of nitrogens with zero attached hydrogens (tertiary/aromatic N) is 1. The zero-order valence-corrected chi connectivity index (χ0v) is 24.0. The summed E-state index contributed by atoms with van der Waals surface area (Å²) in [6.45, 7) is -0.0820. The van der Waals surface area contributed by atoms with Crippen LogP contribution in [0.2, 0.25) is 0 Å². The van der Waals surface area contributed by atoms with Crippen molar-refractivity contribution >= 4 is 8.25 Å². The first-order valence-electron chi connectivity index (χ1n) is 13.2. The Morgan fingerprint density at radius 3 is 2.00 bits per heavy atom. The molecule has 11 nitrogen and oxygen atoms in total. The Morgan fingerprint density at radius 2 is 1.48 bits per heavy atom. The molecule has 0 spiro atoms. The van der Waals surface area contributed by atoms with Gasteiger partial charge in [-0.3, -0.25) is 18.9 Å². The molecule has 1 aromatic heterocycles. The average Bonchev–Trinajstić information content (AvgIpc) is 3.40. The van der Waals surface area contributed by atoms with Crippen molar-refractivity contribution in [1.29, 1.82) is 0 Å². The quantitative estimate of drug-likeness (QED) is 0.197. The Kier molecular flexibility index (Phi) is 9.06. The fourth-order valence-corrected chi connectivity index (χ4v) is 5.72. The second-order valence-corrected chi connectivity index (χ2v) is 10.4. The van der Waals surface area contributed by atoms with Crippen molar-refractivity contribution in [1.82, 2.24) is 9.55 Å². The van der Waals surface area contributed by atoms with E-state index in [1.165, 1.54) is 16.8 Å². The molecule has 0 bridgehead atoms. The molecule has 2 heterocycles. The summed E-state index contributed by atoms with van der Waals surface area (Å²) in [6, 6.07) is 25.8. The number of hydrogen-bond donors (Lipinski definition) is 2. The van der Waals surface area contributed by atoms with E-state index in [4.69, 9.17) is 23.5 Å². The maximum absolute atomic E-state index is 12.5.